The summed E-state index contributed by atoms with van der Waals surface area (Å²) in [6.45, 7) is 0.154. The van der Waals surface area contributed by atoms with Crippen molar-refractivity contribution in [2.24, 2.45) is 11.8 Å². The lowest BCUT2D eigenvalue weighted by Crippen LogP contribution is -2.44. The molecule has 1 aromatic rings. The van der Waals surface area contributed by atoms with Gasteiger partial charge in [-0.3, -0.25) is 14.7 Å². The molecule has 2 atom stereocenters. The Labute approximate surface area is 108 Å². The number of aromatic nitrogens is 2. The highest BCUT2D eigenvalue weighted by molar-refractivity contribution is 7.89. The van der Waals surface area contributed by atoms with Crippen molar-refractivity contribution in [2.75, 3.05) is 13.1 Å². The summed E-state index contributed by atoms with van der Waals surface area (Å²) in [6.07, 6.45) is 1.63. The van der Waals surface area contributed by atoms with Crippen LogP contribution < -0.4 is 0 Å². The molecule has 0 aliphatic carbocycles. The Morgan fingerprint density at radius 2 is 2.05 bits per heavy atom. The molecule has 0 amide bonds. The van der Waals surface area contributed by atoms with Gasteiger partial charge in [0.1, 0.15) is 0 Å². The molecule has 3 heterocycles. The Morgan fingerprint density at radius 1 is 1.32 bits per heavy atom. The number of sulfonamides is 1. The van der Waals surface area contributed by atoms with Crippen molar-refractivity contribution in [2.45, 2.75) is 11.4 Å². The number of hydrogen-bond acceptors (Lipinski definition) is 6. The van der Waals surface area contributed by atoms with Crippen molar-refractivity contribution < 1.29 is 22.7 Å². The number of cyclic esters (lactones) is 2. The number of H-pyrrole nitrogens is 1. The fraction of sp³-hybridized carbons (Fsp3) is 0.500. The van der Waals surface area contributed by atoms with Crippen LogP contribution in [-0.2, 0) is 24.3 Å². The lowest BCUT2D eigenvalue weighted by Gasteiger charge is -2.30. The van der Waals surface area contributed by atoms with Crippen LogP contribution in [0.3, 0.4) is 0 Å². The molecule has 1 N–H and O–H groups in total. The molecule has 3 rings (SSSR count). The molecule has 2 aliphatic rings. The molecule has 0 spiro atoms. The molecular formula is C10H11N3O5S. The van der Waals surface area contributed by atoms with Gasteiger partial charge in [-0.15, -0.1) is 0 Å². The molecular weight excluding hydrogens is 274 g/mol. The number of nitrogens with one attached hydrogen (secondary N) is 1. The summed E-state index contributed by atoms with van der Waals surface area (Å²) in [5.74, 6) is -2.40. The fourth-order valence-corrected chi connectivity index (χ4v) is 3.82. The highest BCUT2D eigenvalue weighted by Crippen LogP contribution is 2.33. The molecule has 8 nitrogen and oxygen atoms in total. The lowest BCUT2D eigenvalue weighted by molar-refractivity contribution is -0.153. The molecule has 9 heteroatoms. The van der Waals surface area contributed by atoms with Crippen LogP contribution in [0.4, 0.5) is 0 Å². The van der Waals surface area contributed by atoms with Gasteiger partial charge < -0.3 is 4.74 Å². The van der Waals surface area contributed by atoms with Gasteiger partial charge in [0.25, 0.3) is 10.0 Å². The Bertz CT molecular complexity index is 624. The Hall–Kier alpha value is -1.74. The molecule has 2 unspecified atom stereocenters. The normalized spacial score (nSPS) is 28.2. The van der Waals surface area contributed by atoms with E-state index in [1.54, 1.807) is 0 Å². The molecule has 1 aromatic heterocycles. The monoisotopic (exact) mass is 285 g/mol. The van der Waals surface area contributed by atoms with Crippen molar-refractivity contribution >= 4 is 22.0 Å². The number of carbonyl (C=O) groups excluding carboxylic acids is 2. The van der Waals surface area contributed by atoms with Gasteiger partial charge in [0, 0.05) is 13.1 Å². The molecule has 0 bridgehead atoms. The summed E-state index contributed by atoms with van der Waals surface area (Å²) in [7, 11) is -3.70. The van der Waals surface area contributed by atoms with Crippen molar-refractivity contribution in [3.8, 4) is 0 Å². The minimum absolute atomic E-state index is 0.0244. The number of nitrogens with zero attached hydrogens (tertiary/aromatic N) is 2. The SMILES string of the molecule is O=C1OC(=O)C2CN(S(=O)(=O)c3ccn[nH]3)CCC12. The molecule has 0 radical (unpaired) electrons. The largest absolute Gasteiger partial charge is 0.393 e. The van der Waals surface area contributed by atoms with Gasteiger partial charge in [-0.1, -0.05) is 0 Å². The quantitative estimate of drug-likeness (QED) is 0.558. The zero-order valence-corrected chi connectivity index (χ0v) is 10.6. The van der Waals surface area contributed by atoms with E-state index in [1.807, 2.05) is 0 Å². The van der Waals surface area contributed by atoms with Crippen LogP contribution in [0, 0.1) is 11.8 Å². The summed E-state index contributed by atoms with van der Waals surface area (Å²) >= 11 is 0. The number of fused-ring (bicyclic) bond motifs is 1. The van der Waals surface area contributed by atoms with E-state index < -0.39 is 33.8 Å². The Morgan fingerprint density at radius 3 is 2.74 bits per heavy atom. The van der Waals surface area contributed by atoms with Gasteiger partial charge in [0.15, 0.2) is 5.03 Å². The van der Waals surface area contributed by atoms with E-state index in [0.717, 1.165) is 0 Å². The first-order valence-electron chi connectivity index (χ1n) is 5.75. The molecule has 2 fully saturated rings. The number of hydrogen-bond donors (Lipinski definition) is 1. The summed E-state index contributed by atoms with van der Waals surface area (Å²) < 4.78 is 30.2. The number of rotatable bonds is 2. The maximum atomic E-state index is 12.2. The molecule has 2 saturated heterocycles. The predicted octanol–water partition coefficient (Wildman–Crippen LogP) is -0.880. The number of esters is 2. The number of carbonyl (C=O) groups is 2. The topological polar surface area (TPSA) is 109 Å². The summed E-state index contributed by atoms with van der Waals surface area (Å²) in [5, 5.41) is 5.97. The van der Waals surface area contributed by atoms with Gasteiger partial charge in [-0.05, 0) is 12.5 Å². The lowest BCUT2D eigenvalue weighted by atomic mass is 9.89. The van der Waals surface area contributed by atoms with Gasteiger partial charge in [-0.25, -0.2) is 8.42 Å². The van der Waals surface area contributed by atoms with Gasteiger partial charge in [0.05, 0.1) is 18.0 Å². The van der Waals surface area contributed by atoms with E-state index in [1.165, 1.54) is 16.6 Å². The van der Waals surface area contributed by atoms with Crippen LogP contribution in [0.1, 0.15) is 6.42 Å². The molecule has 0 aromatic carbocycles. The number of ether oxygens (including phenoxy) is 1. The zero-order valence-electron chi connectivity index (χ0n) is 9.77. The van der Waals surface area contributed by atoms with Gasteiger partial charge >= 0.3 is 11.9 Å². The van der Waals surface area contributed by atoms with E-state index in [-0.39, 0.29) is 18.1 Å². The number of piperidine rings is 1. The molecule has 2 aliphatic heterocycles. The molecule has 19 heavy (non-hydrogen) atoms. The Balaban J connectivity index is 1.86. The van der Waals surface area contributed by atoms with Gasteiger partial charge in [0.2, 0.25) is 0 Å². The number of aromatic amines is 1. The minimum atomic E-state index is -3.70. The smallest absolute Gasteiger partial charge is 0.318 e. The first-order chi connectivity index (χ1) is 9.00. The maximum Gasteiger partial charge on any atom is 0.318 e. The molecule has 102 valence electrons. The van der Waals surface area contributed by atoms with E-state index in [9.17, 15) is 18.0 Å². The van der Waals surface area contributed by atoms with Crippen LogP contribution in [0.25, 0.3) is 0 Å². The third-order valence-corrected chi connectivity index (χ3v) is 5.27. The predicted molar refractivity (Wildman–Crippen MR) is 60.0 cm³/mol. The molecule has 0 saturated carbocycles. The van der Waals surface area contributed by atoms with E-state index >= 15 is 0 Å². The summed E-state index contributed by atoms with van der Waals surface area (Å²) in [4.78, 5) is 22.9. The van der Waals surface area contributed by atoms with Crippen LogP contribution in [0.5, 0.6) is 0 Å². The highest BCUT2D eigenvalue weighted by atomic mass is 32.2. The van der Waals surface area contributed by atoms with Crippen LogP contribution >= 0.6 is 0 Å². The van der Waals surface area contributed by atoms with Crippen molar-refractivity contribution in [1.29, 1.82) is 0 Å². The van der Waals surface area contributed by atoms with Crippen LogP contribution in [0.2, 0.25) is 0 Å². The maximum absolute atomic E-state index is 12.2. The average Bonchev–Trinajstić information content (AvgIpc) is 2.99. The summed E-state index contributed by atoms with van der Waals surface area (Å²) in [5.41, 5.74) is 0. The van der Waals surface area contributed by atoms with Crippen LogP contribution in [-0.4, -0.2) is 47.9 Å². The second-order valence-electron chi connectivity index (χ2n) is 4.53. The van der Waals surface area contributed by atoms with E-state index in [0.29, 0.717) is 6.42 Å². The van der Waals surface area contributed by atoms with Crippen molar-refractivity contribution in [1.82, 2.24) is 14.5 Å². The standard InChI is InChI=1S/C10H11N3O5S/c14-9-6-2-4-13(5-7(6)10(15)18-9)19(16,17)8-1-3-11-12-8/h1,3,6-7H,2,4-5H2,(H,11,12). The second-order valence-corrected chi connectivity index (χ2v) is 6.43. The first-order valence-corrected chi connectivity index (χ1v) is 7.19. The third kappa shape index (κ3) is 1.85. The zero-order chi connectivity index (χ0) is 13.6. The first kappa shape index (κ1) is 12.3. The van der Waals surface area contributed by atoms with E-state index in [4.69, 9.17) is 0 Å². The Kier molecular flexibility index (Phi) is 2.68. The van der Waals surface area contributed by atoms with Crippen molar-refractivity contribution in [3.05, 3.63) is 12.3 Å². The third-order valence-electron chi connectivity index (χ3n) is 3.48. The average molecular weight is 285 g/mol. The van der Waals surface area contributed by atoms with Crippen LogP contribution in [0.15, 0.2) is 17.3 Å². The van der Waals surface area contributed by atoms with Crippen molar-refractivity contribution in [3.63, 3.8) is 0 Å². The minimum Gasteiger partial charge on any atom is -0.393 e. The fourth-order valence-electron chi connectivity index (χ4n) is 2.44. The second kappa shape index (κ2) is 4.14. The summed E-state index contributed by atoms with van der Waals surface area (Å²) in [6, 6.07) is 1.35. The van der Waals surface area contributed by atoms with Gasteiger partial charge in [-0.2, -0.15) is 9.40 Å². The highest BCUT2D eigenvalue weighted by Gasteiger charge is 2.49. The van der Waals surface area contributed by atoms with E-state index in [2.05, 4.69) is 14.9 Å².